The van der Waals surface area contributed by atoms with Gasteiger partial charge < -0.3 is 19.3 Å². The molecule has 1 N–H and O–H groups in total. The van der Waals surface area contributed by atoms with Crippen molar-refractivity contribution in [2.45, 2.75) is 37.7 Å². The Labute approximate surface area is 162 Å². The van der Waals surface area contributed by atoms with Crippen molar-refractivity contribution < 1.29 is 24.0 Å². The number of aliphatic carboxylic acids is 1. The smallest absolute Gasteiger partial charge is 0.418 e. The van der Waals surface area contributed by atoms with E-state index in [9.17, 15) is 9.59 Å². The molecule has 0 spiro atoms. The maximum atomic E-state index is 12.0. The van der Waals surface area contributed by atoms with Crippen molar-refractivity contribution in [3.05, 3.63) is 47.6 Å². The van der Waals surface area contributed by atoms with Crippen molar-refractivity contribution in [3.8, 4) is 0 Å². The third-order valence-electron chi connectivity index (χ3n) is 5.96. The van der Waals surface area contributed by atoms with Crippen LogP contribution in [0, 0.1) is 5.92 Å². The Morgan fingerprint density at radius 2 is 2.00 bits per heavy atom. The minimum absolute atomic E-state index is 0.157. The van der Waals surface area contributed by atoms with Crippen LogP contribution in [0.1, 0.15) is 49.4 Å². The van der Waals surface area contributed by atoms with Gasteiger partial charge in [-0.15, -0.1) is 0 Å². The highest BCUT2D eigenvalue weighted by Crippen LogP contribution is 2.40. The predicted octanol–water partition coefficient (Wildman–Crippen LogP) is 2.16. The number of fused-ring (bicyclic) bond motifs is 3. The van der Waals surface area contributed by atoms with Crippen LogP contribution >= 0.6 is 0 Å². The molecule has 1 aromatic carbocycles. The third kappa shape index (κ3) is 3.17. The third-order valence-corrected chi connectivity index (χ3v) is 5.96. The Balaban J connectivity index is 1.72. The van der Waals surface area contributed by atoms with Gasteiger partial charge in [0.2, 0.25) is 11.7 Å². The average Bonchev–Trinajstić information content (AvgIpc) is 3.24. The van der Waals surface area contributed by atoms with Crippen LogP contribution in [-0.4, -0.2) is 51.7 Å². The summed E-state index contributed by atoms with van der Waals surface area (Å²) in [6.07, 6.45) is 2.48. The van der Waals surface area contributed by atoms with Crippen molar-refractivity contribution in [3.63, 3.8) is 0 Å². The highest BCUT2D eigenvalue weighted by molar-refractivity contribution is 6.28. The number of carbonyl (C=O) groups excluding carboxylic acids is 1. The average molecular weight is 385 g/mol. The van der Waals surface area contributed by atoms with Crippen LogP contribution in [0.15, 0.2) is 34.9 Å². The number of nitrogens with zero attached hydrogens (tertiary/aromatic N) is 3. The van der Waals surface area contributed by atoms with Crippen LogP contribution < -0.4 is 0 Å². The Bertz CT molecular complexity index is 860. The summed E-state index contributed by atoms with van der Waals surface area (Å²) >= 11 is 0. The number of aromatic nitrogens is 2. The van der Waals surface area contributed by atoms with Gasteiger partial charge in [-0.1, -0.05) is 42.4 Å². The minimum atomic E-state index is -1.66. The fourth-order valence-corrected chi connectivity index (χ4v) is 4.37. The lowest BCUT2D eigenvalue weighted by Gasteiger charge is -2.43. The number of hydrogen-bond acceptors (Lipinski definition) is 7. The van der Waals surface area contributed by atoms with Gasteiger partial charge in [-0.05, 0) is 38.3 Å². The van der Waals surface area contributed by atoms with Crippen molar-refractivity contribution in [1.82, 2.24) is 15.0 Å². The zero-order valence-electron chi connectivity index (χ0n) is 15.7. The monoisotopic (exact) mass is 385 g/mol. The maximum absolute atomic E-state index is 12.0. The maximum Gasteiger partial charge on any atom is 0.418 e. The van der Waals surface area contributed by atoms with E-state index >= 15 is 0 Å². The van der Waals surface area contributed by atoms with Gasteiger partial charge in [-0.2, -0.15) is 4.98 Å². The second-order valence-corrected chi connectivity index (χ2v) is 7.44. The van der Waals surface area contributed by atoms with Gasteiger partial charge in [0.1, 0.15) is 0 Å². The molecule has 2 unspecified atom stereocenters. The molecule has 1 aromatic heterocycles. The molecule has 28 heavy (non-hydrogen) atoms. The van der Waals surface area contributed by atoms with Gasteiger partial charge in [0.05, 0.1) is 5.92 Å². The molecule has 3 aliphatic heterocycles. The van der Waals surface area contributed by atoms with E-state index in [0.717, 1.165) is 32.5 Å². The molecule has 8 heteroatoms. The lowest BCUT2D eigenvalue weighted by Crippen LogP contribution is -2.46. The van der Waals surface area contributed by atoms with Gasteiger partial charge in [0.15, 0.2) is 5.60 Å². The highest BCUT2D eigenvalue weighted by Gasteiger charge is 2.45. The number of rotatable bonds is 5. The van der Waals surface area contributed by atoms with Crippen LogP contribution in [0.3, 0.4) is 0 Å². The van der Waals surface area contributed by atoms with Crippen LogP contribution in [0.25, 0.3) is 0 Å². The molecule has 5 rings (SSSR count). The fraction of sp³-hybridized carbons (Fsp3) is 0.500. The van der Waals surface area contributed by atoms with E-state index in [4.69, 9.17) is 14.4 Å². The van der Waals surface area contributed by atoms with E-state index in [0.29, 0.717) is 17.4 Å². The Hall–Kier alpha value is -2.74. The van der Waals surface area contributed by atoms with Gasteiger partial charge in [0, 0.05) is 12.1 Å². The van der Waals surface area contributed by atoms with Gasteiger partial charge >= 0.3 is 11.9 Å². The molecule has 2 aromatic rings. The van der Waals surface area contributed by atoms with Crippen molar-refractivity contribution in [2.75, 3.05) is 19.6 Å². The molecule has 0 aliphatic carbocycles. The number of carboxylic acids is 1. The zero-order valence-corrected chi connectivity index (χ0v) is 15.7. The second kappa shape index (κ2) is 7.35. The summed E-state index contributed by atoms with van der Waals surface area (Å²) in [5.41, 5.74) is -0.805. The SMILES string of the molecule is CCC(OC(=O)C(=O)O)(c1ccccc1)c1noc(C2CN3CCC2CC3)n1. The zero-order chi connectivity index (χ0) is 19.7. The topological polar surface area (TPSA) is 106 Å². The summed E-state index contributed by atoms with van der Waals surface area (Å²) in [5.74, 6) is -1.63. The Morgan fingerprint density at radius 1 is 1.29 bits per heavy atom. The molecule has 3 fully saturated rings. The molecule has 0 amide bonds. The summed E-state index contributed by atoms with van der Waals surface area (Å²) in [4.78, 5) is 30.1. The molecule has 0 saturated carbocycles. The first kappa shape index (κ1) is 18.6. The van der Waals surface area contributed by atoms with Crippen LogP contribution in [0.2, 0.25) is 0 Å². The second-order valence-electron chi connectivity index (χ2n) is 7.44. The van der Waals surface area contributed by atoms with Crippen molar-refractivity contribution in [1.29, 1.82) is 0 Å². The van der Waals surface area contributed by atoms with E-state index in [1.165, 1.54) is 0 Å². The number of piperidine rings is 3. The Kier molecular flexibility index (Phi) is 4.89. The van der Waals surface area contributed by atoms with Gasteiger partial charge in [0.25, 0.3) is 0 Å². The number of hydrogen-bond donors (Lipinski definition) is 1. The lowest BCUT2D eigenvalue weighted by atomic mass is 9.79. The van der Waals surface area contributed by atoms with Gasteiger partial charge in [-0.25, -0.2) is 9.59 Å². The van der Waals surface area contributed by atoms with Crippen LogP contribution in [0.5, 0.6) is 0 Å². The van der Waals surface area contributed by atoms with E-state index in [2.05, 4.69) is 15.0 Å². The number of benzene rings is 1. The standard InChI is InChI=1S/C20H23N3O5/c1-2-20(27-18(26)17(24)25,14-6-4-3-5-7-14)19-21-16(28-22-19)15-12-23-10-8-13(15)9-11-23/h3-7,13,15H,2,8-12H2,1H3,(H,24,25). The van der Waals surface area contributed by atoms with E-state index < -0.39 is 17.5 Å². The summed E-state index contributed by atoms with van der Waals surface area (Å²) < 4.78 is 11.1. The molecule has 3 aliphatic rings. The lowest BCUT2D eigenvalue weighted by molar-refractivity contribution is -0.173. The summed E-state index contributed by atoms with van der Waals surface area (Å²) in [6, 6.07) is 8.95. The first-order valence-corrected chi connectivity index (χ1v) is 9.61. The molecule has 0 radical (unpaired) electrons. The normalized spacial score (nSPS) is 25.8. The largest absolute Gasteiger partial charge is 0.473 e. The van der Waals surface area contributed by atoms with Crippen molar-refractivity contribution in [2.24, 2.45) is 5.92 Å². The molecule has 148 valence electrons. The summed E-state index contributed by atoms with van der Waals surface area (Å²) in [6.45, 7) is 4.88. The number of carbonyl (C=O) groups is 2. The number of carboxylic acid groups (broad SMARTS) is 1. The number of ether oxygens (including phenoxy) is 1. The quantitative estimate of drug-likeness (QED) is 0.617. The Morgan fingerprint density at radius 3 is 2.57 bits per heavy atom. The molecule has 2 atom stereocenters. The molecular weight excluding hydrogens is 362 g/mol. The molecule has 2 bridgehead atoms. The minimum Gasteiger partial charge on any atom is -0.473 e. The van der Waals surface area contributed by atoms with Crippen LogP contribution in [0.4, 0.5) is 0 Å². The number of esters is 1. The van der Waals surface area contributed by atoms with Crippen LogP contribution in [-0.2, 0) is 19.9 Å². The van der Waals surface area contributed by atoms with E-state index in [1.807, 2.05) is 6.07 Å². The van der Waals surface area contributed by atoms with Crippen molar-refractivity contribution >= 4 is 11.9 Å². The van der Waals surface area contributed by atoms with E-state index in [1.54, 1.807) is 31.2 Å². The molecule has 3 saturated heterocycles. The summed E-state index contributed by atoms with van der Waals surface area (Å²) in [5, 5.41) is 13.2. The van der Waals surface area contributed by atoms with E-state index in [-0.39, 0.29) is 18.2 Å². The predicted molar refractivity (Wildman–Crippen MR) is 97.4 cm³/mol. The molecular formula is C20H23N3O5. The van der Waals surface area contributed by atoms with Gasteiger partial charge in [-0.3, -0.25) is 0 Å². The molecule has 4 heterocycles. The molecule has 8 nitrogen and oxygen atoms in total. The highest BCUT2D eigenvalue weighted by atomic mass is 16.6. The summed E-state index contributed by atoms with van der Waals surface area (Å²) in [7, 11) is 0. The first-order chi connectivity index (χ1) is 13.5. The fourth-order valence-electron chi connectivity index (χ4n) is 4.37. The first-order valence-electron chi connectivity index (χ1n) is 9.61.